The van der Waals surface area contributed by atoms with E-state index in [4.69, 9.17) is 9.47 Å². The van der Waals surface area contributed by atoms with E-state index in [0.29, 0.717) is 32.8 Å². The molecule has 0 aromatic heterocycles. The first kappa shape index (κ1) is 16.7. The molecule has 0 saturated heterocycles. The van der Waals surface area contributed by atoms with Gasteiger partial charge < -0.3 is 14.8 Å². The van der Waals surface area contributed by atoms with E-state index in [9.17, 15) is 4.79 Å². The van der Waals surface area contributed by atoms with E-state index in [1.165, 1.54) is 22.3 Å². The number of hydrogen-bond donors (Lipinski definition) is 1. The number of amides is 1. The summed E-state index contributed by atoms with van der Waals surface area (Å²) >= 11 is 0. The largest absolute Gasteiger partial charge is 0.382 e. The molecular formula is C16H25NO3. The van der Waals surface area contributed by atoms with Crippen LogP contribution in [-0.4, -0.2) is 32.8 Å². The van der Waals surface area contributed by atoms with E-state index in [-0.39, 0.29) is 5.91 Å². The number of carbonyl (C=O) groups excluding carboxylic acids is 1. The number of methoxy groups -OCH3 is 1. The van der Waals surface area contributed by atoms with Crippen LogP contribution in [0.4, 0.5) is 0 Å². The molecule has 1 amide bonds. The lowest BCUT2D eigenvalue weighted by atomic mass is 10.00. The summed E-state index contributed by atoms with van der Waals surface area (Å²) in [7, 11) is 1.63. The smallest absolute Gasteiger partial charge is 0.222 e. The molecule has 1 rings (SSSR count). The molecule has 0 aliphatic rings. The van der Waals surface area contributed by atoms with E-state index in [1.54, 1.807) is 7.11 Å². The monoisotopic (exact) mass is 279 g/mol. The normalized spacial score (nSPS) is 10.6. The predicted octanol–water partition coefficient (Wildman–Crippen LogP) is 2.28. The number of rotatable bonds is 8. The van der Waals surface area contributed by atoms with Crippen molar-refractivity contribution in [2.24, 2.45) is 0 Å². The molecule has 0 aliphatic heterocycles. The van der Waals surface area contributed by atoms with Gasteiger partial charge in [0.05, 0.1) is 19.8 Å². The number of aryl methyl sites for hydroxylation is 3. The maximum absolute atomic E-state index is 11.7. The van der Waals surface area contributed by atoms with Gasteiger partial charge in [0.1, 0.15) is 0 Å². The summed E-state index contributed by atoms with van der Waals surface area (Å²) in [6.07, 6.45) is 0.383. The third-order valence-electron chi connectivity index (χ3n) is 3.21. The van der Waals surface area contributed by atoms with Crippen LogP contribution in [-0.2, 0) is 20.8 Å². The van der Waals surface area contributed by atoms with Gasteiger partial charge in [-0.05, 0) is 37.5 Å². The second-order valence-electron chi connectivity index (χ2n) is 5.01. The van der Waals surface area contributed by atoms with Crippen LogP contribution in [0.2, 0.25) is 0 Å². The van der Waals surface area contributed by atoms with Crippen molar-refractivity contribution in [1.29, 1.82) is 0 Å². The molecular weight excluding hydrogens is 254 g/mol. The summed E-state index contributed by atoms with van der Waals surface area (Å²) < 4.78 is 10.1. The van der Waals surface area contributed by atoms with Crippen LogP contribution in [0.5, 0.6) is 0 Å². The Hall–Kier alpha value is -1.39. The summed E-state index contributed by atoms with van der Waals surface area (Å²) in [6.45, 7) is 8.34. The van der Waals surface area contributed by atoms with Crippen molar-refractivity contribution in [1.82, 2.24) is 5.32 Å². The predicted molar refractivity (Wildman–Crippen MR) is 79.8 cm³/mol. The Morgan fingerprint density at radius 3 is 2.35 bits per heavy atom. The zero-order valence-corrected chi connectivity index (χ0v) is 12.9. The van der Waals surface area contributed by atoms with Gasteiger partial charge in [0.25, 0.3) is 0 Å². The first-order valence-corrected chi connectivity index (χ1v) is 6.94. The van der Waals surface area contributed by atoms with E-state index < -0.39 is 0 Å². The molecule has 1 aromatic carbocycles. The summed E-state index contributed by atoms with van der Waals surface area (Å²) in [5.41, 5.74) is 4.89. The molecule has 0 aliphatic carbocycles. The van der Waals surface area contributed by atoms with Crippen LogP contribution in [0.3, 0.4) is 0 Å². The van der Waals surface area contributed by atoms with Crippen molar-refractivity contribution >= 4 is 5.91 Å². The fraction of sp³-hybridized carbons (Fsp3) is 0.562. The Labute approximate surface area is 121 Å². The minimum absolute atomic E-state index is 0.0155. The Balaban J connectivity index is 2.34. The fourth-order valence-corrected chi connectivity index (χ4v) is 2.17. The van der Waals surface area contributed by atoms with Crippen LogP contribution < -0.4 is 5.32 Å². The fourth-order valence-electron chi connectivity index (χ4n) is 2.17. The number of ether oxygens (including phenoxy) is 2. The van der Waals surface area contributed by atoms with Crippen molar-refractivity contribution in [3.8, 4) is 0 Å². The first-order chi connectivity index (χ1) is 9.54. The molecule has 112 valence electrons. The van der Waals surface area contributed by atoms with E-state index in [0.717, 1.165) is 0 Å². The second-order valence-corrected chi connectivity index (χ2v) is 5.01. The molecule has 1 aromatic rings. The highest BCUT2D eigenvalue weighted by Gasteiger charge is 2.06. The van der Waals surface area contributed by atoms with Crippen molar-refractivity contribution in [3.63, 3.8) is 0 Å². The Morgan fingerprint density at radius 2 is 1.75 bits per heavy atom. The maximum Gasteiger partial charge on any atom is 0.222 e. The molecule has 1 N–H and O–H groups in total. The molecule has 0 bridgehead atoms. The van der Waals surface area contributed by atoms with Gasteiger partial charge >= 0.3 is 0 Å². The molecule has 0 saturated carbocycles. The highest BCUT2D eigenvalue weighted by Crippen LogP contribution is 2.15. The quantitative estimate of drug-likeness (QED) is 0.743. The lowest BCUT2D eigenvalue weighted by molar-refractivity contribution is -0.122. The molecule has 4 nitrogen and oxygen atoms in total. The Kier molecular flexibility index (Phi) is 7.26. The third kappa shape index (κ3) is 5.72. The van der Waals surface area contributed by atoms with E-state index >= 15 is 0 Å². The van der Waals surface area contributed by atoms with Gasteiger partial charge in [-0.1, -0.05) is 17.7 Å². The number of carbonyl (C=O) groups is 1. The average Bonchev–Trinajstić information content (AvgIpc) is 2.37. The highest BCUT2D eigenvalue weighted by molar-refractivity contribution is 5.76. The van der Waals surface area contributed by atoms with Gasteiger partial charge in [0.15, 0.2) is 0 Å². The minimum atomic E-state index is 0.0155. The maximum atomic E-state index is 11.7. The van der Waals surface area contributed by atoms with Crippen molar-refractivity contribution in [2.75, 3.05) is 26.9 Å². The van der Waals surface area contributed by atoms with Crippen LogP contribution in [0.1, 0.15) is 28.7 Å². The molecule has 0 heterocycles. The number of hydrogen-bond acceptors (Lipinski definition) is 3. The Morgan fingerprint density at radius 1 is 1.10 bits per heavy atom. The SMILES string of the molecule is COCCOCCC(=O)NCc1c(C)cc(C)cc1C. The van der Waals surface area contributed by atoms with Gasteiger partial charge in [-0.2, -0.15) is 0 Å². The van der Waals surface area contributed by atoms with Crippen LogP contribution in [0.25, 0.3) is 0 Å². The second kappa shape index (κ2) is 8.72. The van der Waals surface area contributed by atoms with Crippen LogP contribution in [0.15, 0.2) is 12.1 Å². The lowest BCUT2D eigenvalue weighted by Gasteiger charge is -2.12. The highest BCUT2D eigenvalue weighted by atomic mass is 16.5. The topological polar surface area (TPSA) is 47.6 Å². The first-order valence-electron chi connectivity index (χ1n) is 6.94. The summed E-state index contributed by atoms with van der Waals surface area (Å²) in [5, 5.41) is 2.94. The van der Waals surface area contributed by atoms with E-state index in [1.807, 2.05) is 0 Å². The van der Waals surface area contributed by atoms with Crippen LogP contribution >= 0.6 is 0 Å². The summed E-state index contributed by atoms with van der Waals surface area (Å²) in [6, 6.07) is 4.28. The minimum Gasteiger partial charge on any atom is -0.382 e. The lowest BCUT2D eigenvalue weighted by Crippen LogP contribution is -2.25. The van der Waals surface area contributed by atoms with E-state index in [2.05, 4.69) is 38.2 Å². The summed E-state index contributed by atoms with van der Waals surface area (Å²) in [5.74, 6) is 0.0155. The zero-order valence-electron chi connectivity index (χ0n) is 12.9. The Bertz CT molecular complexity index is 420. The van der Waals surface area contributed by atoms with Gasteiger partial charge in [-0.15, -0.1) is 0 Å². The van der Waals surface area contributed by atoms with Crippen molar-refractivity contribution < 1.29 is 14.3 Å². The van der Waals surface area contributed by atoms with Crippen molar-refractivity contribution in [3.05, 3.63) is 34.4 Å². The van der Waals surface area contributed by atoms with Crippen molar-refractivity contribution in [2.45, 2.75) is 33.7 Å². The number of nitrogens with one attached hydrogen (secondary N) is 1. The molecule has 20 heavy (non-hydrogen) atoms. The zero-order chi connectivity index (χ0) is 15.0. The molecule has 0 radical (unpaired) electrons. The molecule has 0 unspecified atom stereocenters. The van der Waals surface area contributed by atoms with Gasteiger partial charge in [-0.25, -0.2) is 0 Å². The number of benzene rings is 1. The van der Waals surface area contributed by atoms with Gasteiger partial charge in [0, 0.05) is 20.1 Å². The van der Waals surface area contributed by atoms with Gasteiger partial charge in [-0.3, -0.25) is 4.79 Å². The average molecular weight is 279 g/mol. The molecule has 0 fully saturated rings. The molecule has 0 atom stereocenters. The van der Waals surface area contributed by atoms with Gasteiger partial charge in [0.2, 0.25) is 5.91 Å². The summed E-state index contributed by atoms with van der Waals surface area (Å²) in [4.78, 5) is 11.7. The standard InChI is InChI=1S/C16H25NO3/c1-12-9-13(2)15(14(3)10-12)11-17-16(18)5-6-20-8-7-19-4/h9-10H,5-8,11H2,1-4H3,(H,17,18). The van der Waals surface area contributed by atoms with Crippen LogP contribution in [0, 0.1) is 20.8 Å². The molecule has 0 spiro atoms. The third-order valence-corrected chi connectivity index (χ3v) is 3.21. The molecule has 4 heteroatoms.